The van der Waals surface area contributed by atoms with Crippen LogP contribution in [-0.4, -0.2) is 53.2 Å². The van der Waals surface area contributed by atoms with Crippen molar-refractivity contribution in [2.24, 2.45) is 0 Å². The van der Waals surface area contributed by atoms with Crippen molar-refractivity contribution in [1.29, 1.82) is 0 Å². The van der Waals surface area contributed by atoms with Gasteiger partial charge in [0.2, 0.25) is 5.79 Å². The Balaban J connectivity index is 1.28. The van der Waals surface area contributed by atoms with Crippen molar-refractivity contribution in [3.8, 4) is 45.3 Å². The number of methoxy groups -OCH3 is 4. The summed E-state index contributed by atoms with van der Waals surface area (Å²) in [5, 5.41) is 0. The van der Waals surface area contributed by atoms with E-state index >= 15 is 0 Å². The van der Waals surface area contributed by atoms with Crippen LogP contribution in [0, 0.1) is 5.82 Å². The molecule has 1 heterocycles. The van der Waals surface area contributed by atoms with Crippen LogP contribution in [0.3, 0.4) is 0 Å². The molecule has 9 heteroatoms. The topological polar surface area (TPSA) is 89.5 Å². The molecule has 0 N–H and O–H groups in total. The van der Waals surface area contributed by atoms with Gasteiger partial charge in [0.15, 0.2) is 11.6 Å². The van der Waals surface area contributed by atoms with E-state index in [1.165, 1.54) is 40.6 Å². The highest BCUT2D eigenvalue weighted by Gasteiger charge is 2.41. The van der Waals surface area contributed by atoms with Crippen LogP contribution in [0.5, 0.6) is 23.0 Å². The molecule has 0 radical (unpaired) electrons. The molecule has 8 nitrogen and oxygen atoms in total. The number of carbonyl (C=O) groups excluding carboxylic acids is 2. The average Bonchev–Trinajstić information content (AvgIpc) is 3.74. The van der Waals surface area contributed by atoms with Crippen LogP contribution >= 0.6 is 0 Å². The largest absolute Gasteiger partial charge is 0.497 e. The van der Waals surface area contributed by atoms with E-state index in [1.54, 1.807) is 72.8 Å². The number of halogens is 1. The molecular weight excluding hydrogens is 687 g/mol. The third kappa shape index (κ3) is 7.19. The van der Waals surface area contributed by atoms with Gasteiger partial charge >= 0.3 is 0 Å². The second-order valence-corrected chi connectivity index (χ2v) is 12.6. The maximum Gasteiger partial charge on any atom is 0.222 e. The molecule has 0 atom stereocenters. The lowest BCUT2D eigenvalue weighted by molar-refractivity contribution is -0.129. The van der Waals surface area contributed by atoms with Gasteiger partial charge in [-0.2, -0.15) is 0 Å². The minimum atomic E-state index is -1.29. The van der Waals surface area contributed by atoms with Crippen molar-refractivity contribution in [3.63, 3.8) is 0 Å². The second-order valence-electron chi connectivity index (χ2n) is 12.6. The molecule has 0 saturated carbocycles. The summed E-state index contributed by atoms with van der Waals surface area (Å²) in [5.74, 6) is 0.0418. The van der Waals surface area contributed by atoms with E-state index in [0.717, 1.165) is 22.3 Å². The molecule has 7 rings (SSSR count). The Morgan fingerprint density at radius 1 is 0.463 bits per heavy atom. The van der Waals surface area contributed by atoms with Crippen molar-refractivity contribution in [3.05, 3.63) is 167 Å². The minimum absolute atomic E-state index is 0.182. The summed E-state index contributed by atoms with van der Waals surface area (Å²) in [6, 6.07) is 36.9. The minimum Gasteiger partial charge on any atom is -0.497 e. The molecule has 0 aromatic heterocycles. The van der Waals surface area contributed by atoms with Gasteiger partial charge in [0.05, 0.1) is 41.7 Å². The molecule has 0 bridgehead atoms. The number of hydrogen-bond acceptors (Lipinski definition) is 8. The van der Waals surface area contributed by atoms with Crippen molar-refractivity contribution < 1.29 is 42.4 Å². The Morgan fingerprint density at radius 3 is 1.22 bits per heavy atom. The summed E-state index contributed by atoms with van der Waals surface area (Å²) in [6.45, 7) is 0.684. The molecule has 54 heavy (non-hydrogen) atoms. The maximum absolute atomic E-state index is 14.1. The zero-order valence-electron chi connectivity index (χ0n) is 30.2. The van der Waals surface area contributed by atoms with Gasteiger partial charge in [-0.25, -0.2) is 4.39 Å². The summed E-state index contributed by atoms with van der Waals surface area (Å²) in [7, 11) is 6.15. The molecule has 6 aromatic carbocycles. The first kappa shape index (κ1) is 36.1. The Bertz CT molecular complexity index is 2140. The lowest BCUT2D eigenvalue weighted by Gasteiger charge is -2.29. The molecule has 272 valence electrons. The highest BCUT2D eigenvalue weighted by Crippen LogP contribution is 2.42. The summed E-state index contributed by atoms with van der Waals surface area (Å²) < 4.78 is 48.2. The van der Waals surface area contributed by atoms with Gasteiger partial charge in [-0.05, 0) is 76.9 Å². The van der Waals surface area contributed by atoms with Crippen LogP contribution in [0.4, 0.5) is 4.39 Å². The van der Waals surface area contributed by atoms with Crippen LogP contribution in [0.2, 0.25) is 0 Å². The van der Waals surface area contributed by atoms with Crippen LogP contribution in [-0.2, 0) is 15.3 Å². The first-order chi connectivity index (χ1) is 26.2. The zero-order chi connectivity index (χ0) is 37.8. The molecule has 0 aliphatic carbocycles. The van der Waals surface area contributed by atoms with Gasteiger partial charge in [0.1, 0.15) is 28.8 Å². The third-order valence-corrected chi connectivity index (χ3v) is 9.42. The normalized spacial score (nSPS) is 13.3. The SMILES string of the molecule is COc1cc(OC)cc(C(=O)c2ccc(-c3cc(-c4ccc(C(=O)c5cc(OC)cc(OC)c5)cc4)cc(C4(c5ccc(F)cc5)OCCO4)c3)cc2)c1. The highest BCUT2D eigenvalue weighted by atomic mass is 19.1. The number of rotatable bonds is 12. The fraction of sp³-hybridized carbons (Fsp3) is 0.156. The summed E-state index contributed by atoms with van der Waals surface area (Å²) >= 11 is 0. The van der Waals surface area contributed by atoms with E-state index in [0.29, 0.717) is 69.6 Å². The van der Waals surface area contributed by atoms with E-state index in [1.807, 2.05) is 42.5 Å². The van der Waals surface area contributed by atoms with Crippen molar-refractivity contribution >= 4 is 11.6 Å². The number of ether oxygens (including phenoxy) is 6. The Kier molecular flexibility index (Phi) is 10.3. The molecule has 1 saturated heterocycles. The monoisotopic (exact) mass is 724 g/mol. The molecule has 0 amide bonds. The van der Waals surface area contributed by atoms with Gasteiger partial charge in [-0.15, -0.1) is 0 Å². The molecule has 6 aromatic rings. The zero-order valence-corrected chi connectivity index (χ0v) is 30.2. The fourth-order valence-electron chi connectivity index (χ4n) is 6.57. The lowest BCUT2D eigenvalue weighted by Crippen LogP contribution is -2.28. The smallest absolute Gasteiger partial charge is 0.222 e. The highest BCUT2D eigenvalue weighted by molar-refractivity contribution is 6.10. The first-order valence-electron chi connectivity index (χ1n) is 17.2. The number of carbonyl (C=O) groups is 2. The predicted molar refractivity (Wildman–Crippen MR) is 202 cm³/mol. The fourth-order valence-corrected chi connectivity index (χ4v) is 6.57. The summed E-state index contributed by atoms with van der Waals surface area (Å²) in [5.41, 5.74) is 6.53. The van der Waals surface area contributed by atoms with Crippen molar-refractivity contribution in [2.75, 3.05) is 41.7 Å². The van der Waals surface area contributed by atoms with Crippen LogP contribution < -0.4 is 18.9 Å². The van der Waals surface area contributed by atoms with Crippen LogP contribution in [0.15, 0.2) is 127 Å². The summed E-state index contributed by atoms with van der Waals surface area (Å²) in [4.78, 5) is 27.1. The molecule has 0 spiro atoms. The maximum atomic E-state index is 14.1. The van der Waals surface area contributed by atoms with Gasteiger partial charge in [-0.3, -0.25) is 9.59 Å². The third-order valence-electron chi connectivity index (χ3n) is 9.42. The number of hydrogen-bond donors (Lipinski definition) is 0. The first-order valence-corrected chi connectivity index (χ1v) is 17.2. The Labute approximate surface area is 312 Å². The van der Waals surface area contributed by atoms with Gasteiger partial charge in [0.25, 0.3) is 0 Å². The van der Waals surface area contributed by atoms with Gasteiger partial charge < -0.3 is 28.4 Å². The van der Waals surface area contributed by atoms with E-state index in [9.17, 15) is 14.0 Å². The van der Waals surface area contributed by atoms with Crippen molar-refractivity contribution in [2.45, 2.75) is 5.79 Å². The molecule has 1 aliphatic heterocycles. The number of ketones is 2. The Morgan fingerprint density at radius 2 is 0.852 bits per heavy atom. The summed E-state index contributed by atoms with van der Waals surface area (Å²) in [6.07, 6.45) is 0. The van der Waals surface area contributed by atoms with Crippen LogP contribution in [0.25, 0.3) is 22.3 Å². The van der Waals surface area contributed by atoms with Gasteiger partial charge in [-0.1, -0.05) is 60.7 Å². The quantitative estimate of drug-likeness (QED) is 0.116. The van der Waals surface area contributed by atoms with E-state index in [2.05, 4.69) is 0 Å². The van der Waals surface area contributed by atoms with Gasteiger partial charge in [0, 0.05) is 45.5 Å². The molecule has 1 fully saturated rings. The van der Waals surface area contributed by atoms with E-state index in [-0.39, 0.29) is 17.4 Å². The number of benzene rings is 6. The van der Waals surface area contributed by atoms with Crippen LogP contribution in [0.1, 0.15) is 43.0 Å². The standard InChI is InChI=1S/C45H37FO8/c1-49-39-22-34(23-40(26-39)50-2)43(47)30-9-5-28(6-10-30)32-19-33(21-37(20-32)45(53-17-18-54-45)36-13-15-38(46)16-14-36)29-7-11-31(12-8-29)44(48)35-24-41(51-3)27-42(25-35)52-4/h5-16,19-27H,17-18H2,1-4H3. The Hall–Kier alpha value is -6.29. The lowest BCUT2D eigenvalue weighted by atomic mass is 9.89. The van der Waals surface area contributed by atoms with E-state index in [4.69, 9.17) is 28.4 Å². The van der Waals surface area contributed by atoms with Crippen molar-refractivity contribution in [1.82, 2.24) is 0 Å². The second kappa shape index (κ2) is 15.4. The molecule has 1 aliphatic rings. The van der Waals surface area contributed by atoms with E-state index < -0.39 is 5.79 Å². The molecular formula is C45H37FO8. The average molecular weight is 725 g/mol. The predicted octanol–water partition coefficient (Wildman–Crippen LogP) is 8.90. The molecule has 0 unspecified atom stereocenters.